The summed E-state index contributed by atoms with van der Waals surface area (Å²) in [4.78, 5) is 0. The van der Waals surface area contributed by atoms with Crippen molar-refractivity contribution in [1.29, 1.82) is 0 Å². The van der Waals surface area contributed by atoms with Gasteiger partial charge in [-0.2, -0.15) is 0 Å². The van der Waals surface area contributed by atoms with E-state index in [1.165, 1.54) is 4.31 Å². The molecule has 2 aromatic rings. The maximum absolute atomic E-state index is 11.7. The predicted octanol–water partition coefficient (Wildman–Crippen LogP) is 4.15. The van der Waals surface area contributed by atoms with E-state index in [-0.39, 0.29) is 0 Å². The summed E-state index contributed by atoms with van der Waals surface area (Å²) in [6.45, 7) is 5.87. The number of hydrogen-bond donors (Lipinski definition) is 0. The van der Waals surface area contributed by atoms with E-state index in [4.69, 9.17) is 0 Å². The number of rotatable bonds is 3. The highest BCUT2D eigenvalue weighted by atomic mass is 127. The fraction of sp³-hybridized carbons (Fsp3) is 0.200. The van der Waals surface area contributed by atoms with E-state index in [0.29, 0.717) is 5.69 Å². The fourth-order valence-electron chi connectivity index (χ4n) is 2.36. The lowest BCUT2D eigenvalue weighted by Gasteiger charge is -2.29. The molecule has 1 atom stereocenters. The van der Waals surface area contributed by atoms with Crippen LogP contribution >= 0.6 is 22.6 Å². The maximum atomic E-state index is 11.7. The molecule has 0 aliphatic rings. The molecular formula is C15H15INO2S-. The van der Waals surface area contributed by atoms with Gasteiger partial charge in [0.25, 0.3) is 0 Å². The molecule has 0 heterocycles. The Hall–Kier alpha value is -0.920. The monoisotopic (exact) mass is 400 g/mol. The van der Waals surface area contributed by atoms with Gasteiger partial charge in [0, 0.05) is 3.57 Å². The third kappa shape index (κ3) is 3.21. The molecule has 3 nitrogen and oxygen atoms in total. The molecule has 0 saturated heterocycles. The first-order chi connectivity index (χ1) is 9.40. The standard InChI is InChI=1S/C15H16INO2S/c1-10-8-11(2)15(12(3)9-10)17(20(18)19)14-6-4-13(16)5-7-14/h4-9H,1-3H3,(H,18,19)/p-1. The van der Waals surface area contributed by atoms with Gasteiger partial charge in [0.2, 0.25) is 0 Å². The van der Waals surface area contributed by atoms with Crippen LogP contribution in [0.5, 0.6) is 0 Å². The van der Waals surface area contributed by atoms with E-state index in [1.54, 1.807) is 0 Å². The molecule has 0 bridgehead atoms. The smallest absolute Gasteiger partial charge is 0.0596 e. The van der Waals surface area contributed by atoms with Gasteiger partial charge in [-0.1, -0.05) is 17.7 Å². The Kier molecular flexibility index (Phi) is 4.82. The second-order valence-corrected chi connectivity index (χ2v) is 6.78. The van der Waals surface area contributed by atoms with Crippen molar-refractivity contribution in [2.24, 2.45) is 0 Å². The van der Waals surface area contributed by atoms with Crippen molar-refractivity contribution in [3.05, 3.63) is 56.7 Å². The van der Waals surface area contributed by atoms with E-state index in [0.717, 1.165) is 25.9 Å². The number of benzene rings is 2. The van der Waals surface area contributed by atoms with Crippen molar-refractivity contribution >= 4 is 45.2 Å². The number of anilines is 2. The van der Waals surface area contributed by atoms with Gasteiger partial charge in [0.15, 0.2) is 0 Å². The van der Waals surface area contributed by atoms with Crippen molar-refractivity contribution in [1.82, 2.24) is 0 Å². The van der Waals surface area contributed by atoms with Crippen LogP contribution in [0, 0.1) is 24.3 Å². The minimum absolute atomic E-state index is 0.647. The predicted molar refractivity (Wildman–Crippen MR) is 90.9 cm³/mol. The Morgan fingerprint density at radius 2 is 1.55 bits per heavy atom. The van der Waals surface area contributed by atoms with Crippen molar-refractivity contribution < 1.29 is 8.76 Å². The summed E-state index contributed by atoms with van der Waals surface area (Å²) >= 11 is -0.161. The lowest BCUT2D eigenvalue weighted by Crippen LogP contribution is -2.21. The second-order valence-electron chi connectivity index (χ2n) is 4.74. The van der Waals surface area contributed by atoms with Crippen LogP contribution in [-0.4, -0.2) is 8.76 Å². The Bertz CT molecular complexity index is 632. The van der Waals surface area contributed by atoms with E-state index in [1.807, 2.05) is 57.2 Å². The van der Waals surface area contributed by atoms with Crippen LogP contribution in [0.15, 0.2) is 36.4 Å². The zero-order valence-electron chi connectivity index (χ0n) is 11.5. The molecule has 0 aliphatic heterocycles. The van der Waals surface area contributed by atoms with E-state index < -0.39 is 11.3 Å². The molecule has 0 radical (unpaired) electrons. The molecule has 20 heavy (non-hydrogen) atoms. The van der Waals surface area contributed by atoms with Gasteiger partial charge in [0.1, 0.15) is 0 Å². The molecule has 0 spiro atoms. The number of hydrogen-bond acceptors (Lipinski definition) is 2. The van der Waals surface area contributed by atoms with Crippen LogP contribution in [0.4, 0.5) is 11.4 Å². The topological polar surface area (TPSA) is 43.4 Å². The van der Waals surface area contributed by atoms with Gasteiger partial charge in [0.05, 0.1) is 22.6 Å². The fourth-order valence-corrected chi connectivity index (χ4v) is 3.45. The maximum Gasteiger partial charge on any atom is 0.0596 e. The van der Waals surface area contributed by atoms with Gasteiger partial charge < -0.3 is 4.55 Å². The normalized spacial score (nSPS) is 12.2. The van der Waals surface area contributed by atoms with Crippen LogP contribution in [0.3, 0.4) is 0 Å². The molecule has 0 aromatic heterocycles. The average Bonchev–Trinajstić information content (AvgIpc) is 2.34. The SMILES string of the molecule is Cc1cc(C)c(N(c2ccc(I)cc2)S(=O)[O-])c(C)c1. The van der Waals surface area contributed by atoms with E-state index in [2.05, 4.69) is 22.6 Å². The molecular weight excluding hydrogens is 385 g/mol. The molecule has 0 fully saturated rings. The summed E-state index contributed by atoms with van der Waals surface area (Å²) in [5, 5.41) is 0. The van der Waals surface area contributed by atoms with Crippen LogP contribution in [0.25, 0.3) is 0 Å². The largest absolute Gasteiger partial charge is 0.755 e. The lowest BCUT2D eigenvalue weighted by atomic mass is 10.0. The Balaban J connectivity index is 2.60. The molecule has 0 saturated carbocycles. The van der Waals surface area contributed by atoms with Crippen LogP contribution in [0.1, 0.15) is 16.7 Å². The second kappa shape index (κ2) is 6.24. The Morgan fingerprint density at radius 1 is 1.05 bits per heavy atom. The van der Waals surface area contributed by atoms with Crippen molar-refractivity contribution in [3.8, 4) is 0 Å². The van der Waals surface area contributed by atoms with Gasteiger partial charge >= 0.3 is 0 Å². The van der Waals surface area contributed by atoms with Crippen LogP contribution in [-0.2, 0) is 11.3 Å². The van der Waals surface area contributed by atoms with Crippen LogP contribution < -0.4 is 4.31 Å². The van der Waals surface area contributed by atoms with Gasteiger partial charge in [-0.05, 0) is 78.8 Å². The van der Waals surface area contributed by atoms with E-state index >= 15 is 0 Å². The molecule has 0 amide bonds. The number of halogens is 1. The van der Waals surface area contributed by atoms with Crippen molar-refractivity contribution in [2.45, 2.75) is 20.8 Å². The first-order valence-electron chi connectivity index (χ1n) is 6.13. The van der Waals surface area contributed by atoms with Gasteiger partial charge in [-0.3, -0.25) is 8.51 Å². The molecule has 0 N–H and O–H groups in total. The molecule has 1 unspecified atom stereocenters. The Labute approximate surface area is 135 Å². The third-order valence-electron chi connectivity index (χ3n) is 3.05. The molecule has 2 aromatic carbocycles. The quantitative estimate of drug-likeness (QED) is 0.574. The van der Waals surface area contributed by atoms with E-state index in [9.17, 15) is 8.76 Å². The highest BCUT2D eigenvalue weighted by Crippen LogP contribution is 2.33. The number of nitrogens with zero attached hydrogens (tertiary/aromatic N) is 1. The molecule has 5 heteroatoms. The summed E-state index contributed by atoms with van der Waals surface area (Å²) < 4.78 is 25.8. The molecule has 0 aliphatic carbocycles. The molecule has 2 rings (SSSR count). The first-order valence-corrected chi connectivity index (χ1v) is 8.24. The minimum atomic E-state index is -2.36. The van der Waals surface area contributed by atoms with Crippen LogP contribution in [0.2, 0.25) is 0 Å². The summed E-state index contributed by atoms with van der Waals surface area (Å²) in [6, 6.07) is 11.4. The first kappa shape index (κ1) is 15.5. The van der Waals surface area contributed by atoms with Crippen molar-refractivity contribution in [3.63, 3.8) is 0 Å². The summed E-state index contributed by atoms with van der Waals surface area (Å²) in [6.07, 6.45) is 0. The highest BCUT2D eigenvalue weighted by molar-refractivity contribution is 14.1. The zero-order valence-corrected chi connectivity index (χ0v) is 14.5. The van der Waals surface area contributed by atoms with Gasteiger partial charge in [-0.15, -0.1) is 0 Å². The minimum Gasteiger partial charge on any atom is -0.755 e. The summed E-state index contributed by atoms with van der Waals surface area (Å²) in [5.74, 6) is 0. The number of aryl methyl sites for hydroxylation is 3. The highest BCUT2D eigenvalue weighted by Gasteiger charge is 2.15. The summed E-state index contributed by atoms with van der Waals surface area (Å²) in [7, 11) is 0. The molecule has 106 valence electrons. The lowest BCUT2D eigenvalue weighted by molar-refractivity contribution is 0.537. The average molecular weight is 400 g/mol. The third-order valence-corrected chi connectivity index (χ3v) is 4.46. The zero-order chi connectivity index (χ0) is 14.9. The summed E-state index contributed by atoms with van der Waals surface area (Å²) in [5.41, 5.74) is 4.40. The van der Waals surface area contributed by atoms with Gasteiger partial charge in [-0.25, -0.2) is 0 Å². The van der Waals surface area contributed by atoms with Crippen molar-refractivity contribution in [2.75, 3.05) is 4.31 Å². The Morgan fingerprint density at radius 3 is 2.00 bits per heavy atom.